The zero-order valence-electron chi connectivity index (χ0n) is 12.8. The van der Waals surface area contributed by atoms with Crippen LogP contribution >= 0.6 is 27.3 Å². The van der Waals surface area contributed by atoms with Crippen LogP contribution < -0.4 is 9.64 Å². The molecule has 0 unspecified atom stereocenters. The fourth-order valence-corrected chi connectivity index (χ4v) is 4.38. The van der Waals surface area contributed by atoms with E-state index in [-0.39, 0.29) is 11.6 Å². The summed E-state index contributed by atoms with van der Waals surface area (Å²) in [6.07, 6.45) is 0.453. The predicted molar refractivity (Wildman–Crippen MR) is 92.4 cm³/mol. The summed E-state index contributed by atoms with van der Waals surface area (Å²) in [7, 11) is 0. The number of hydrogen-bond donors (Lipinski definition) is 0. The Balaban J connectivity index is 1.83. The Morgan fingerprint density at radius 3 is 2.91 bits per heavy atom. The van der Waals surface area contributed by atoms with Crippen molar-refractivity contribution in [2.75, 3.05) is 18.1 Å². The van der Waals surface area contributed by atoms with Crippen LogP contribution in [0.5, 0.6) is 5.75 Å². The second-order valence-corrected chi connectivity index (χ2v) is 8.19. The van der Waals surface area contributed by atoms with Crippen LogP contribution in [0.1, 0.15) is 18.7 Å². The van der Waals surface area contributed by atoms with Crippen LogP contribution in [0.4, 0.5) is 9.93 Å². The first-order chi connectivity index (χ1) is 11.0. The number of anilines is 1. The highest BCUT2D eigenvalue weighted by Gasteiger charge is 2.43. The quantitative estimate of drug-likeness (QED) is 0.725. The molecular weight excluding hydrogens is 380 g/mol. The molecule has 2 aromatic rings. The Bertz CT molecular complexity index is 803. The van der Waals surface area contributed by atoms with Crippen LogP contribution in [-0.4, -0.2) is 29.8 Å². The van der Waals surface area contributed by atoms with Crippen molar-refractivity contribution >= 4 is 38.5 Å². The number of aromatic nitrogens is 1. The smallest absolute Gasteiger partial charge is 0.416 e. The number of rotatable bonds is 1. The first-order valence-electron chi connectivity index (χ1n) is 7.35. The van der Waals surface area contributed by atoms with Gasteiger partial charge in [-0.15, -0.1) is 11.3 Å². The molecule has 0 spiro atoms. The van der Waals surface area contributed by atoms with Gasteiger partial charge in [-0.1, -0.05) is 15.9 Å². The zero-order chi connectivity index (χ0) is 16.2. The Kier molecular flexibility index (Phi) is 3.39. The topological polar surface area (TPSA) is 51.7 Å². The maximum Gasteiger partial charge on any atom is 0.416 e. The number of carbonyl (C=O) groups is 1. The van der Waals surface area contributed by atoms with Crippen molar-refractivity contribution in [1.82, 2.24) is 4.98 Å². The van der Waals surface area contributed by atoms with Crippen LogP contribution in [0.2, 0.25) is 0 Å². The van der Waals surface area contributed by atoms with Gasteiger partial charge in [0.2, 0.25) is 0 Å². The molecule has 0 saturated carbocycles. The number of hydrogen-bond acceptors (Lipinski definition) is 5. The highest BCUT2D eigenvalue weighted by atomic mass is 79.9. The minimum Gasteiger partial charge on any atom is -0.492 e. The van der Waals surface area contributed by atoms with Crippen LogP contribution in [-0.2, 0) is 11.2 Å². The summed E-state index contributed by atoms with van der Waals surface area (Å²) in [4.78, 5) is 19.7. The molecule has 2 aliphatic rings. The number of benzene rings is 1. The number of halogens is 1. The van der Waals surface area contributed by atoms with E-state index in [9.17, 15) is 4.79 Å². The molecule has 1 fully saturated rings. The molecule has 0 bridgehead atoms. The van der Waals surface area contributed by atoms with Crippen LogP contribution in [0, 0.1) is 0 Å². The van der Waals surface area contributed by atoms with Gasteiger partial charge < -0.3 is 9.47 Å². The van der Waals surface area contributed by atoms with E-state index in [0.29, 0.717) is 18.3 Å². The number of carbonyl (C=O) groups excluding carboxylic acids is 1. The van der Waals surface area contributed by atoms with Gasteiger partial charge in [0.05, 0.1) is 17.8 Å². The summed E-state index contributed by atoms with van der Waals surface area (Å²) in [5, 5.41) is 0.693. The number of thiazole rings is 1. The van der Waals surface area contributed by atoms with E-state index in [0.717, 1.165) is 32.8 Å². The Morgan fingerprint density at radius 2 is 2.17 bits per heavy atom. The fourth-order valence-electron chi connectivity index (χ4n) is 2.83. The molecule has 1 saturated heterocycles. The summed E-state index contributed by atoms with van der Waals surface area (Å²) in [6, 6.07) is 5.93. The van der Waals surface area contributed by atoms with Gasteiger partial charge in [0.1, 0.15) is 12.4 Å². The summed E-state index contributed by atoms with van der Waals surface area (Å²) < 4.78 is 12.0. The Hall–Kier alpha value is -1.60. The van der Waals surface area contributed by atoms with Crippen molar-refractivity contribution < 1.29 is 14.3 Å². The maximum atomic E-state index is 12.1. The number of nitrogens with zero attached hydrogens (tertiary/aromatic N) is 2. The van der Waals surface area contributed by atoms with Gasteiger partial charge in [0.25, 0.3) is 0 Å². The summed E-state index contributed by atoms with van der Waals surface area (Å²) in [6.45, 7) is 4.95. The molecule has 0 N–H and O–H groups in total. The molecule has 0 radical (unpaired) electrons. The van der Waals surface area contributed by atoms with Crippen LogP contribution in [0.15, 0.2) is 22.7 Å². The number of cyclic esters (lactones) is 1. The monoisotopic (exact) mass is 394 g/mol. The van der Waals surface area contributed by atoms with Gasteiger partial charge in [-0.25, -0.2) is 14.7 Å². The van der Waals surface area contributed by atoms with Gasteiger partial charge in [0.15, 0.2) is 5.13 Å². The van der Waals surface area contributed by atoms with E-state index in [2.05, 4.69) is 15.9 Å². The highest BCUT2D eigenvalue weighted by molar-refractivity contribution is 9.10. The number of ether oxygens (including phenoxy) is 2. The second kappa shape index (κ2) is 5.21. The molecule has 1 aromatic carbocycles. The van der Waals surface area contributed by atoms with E-state index in [4.69, 9.17) is 14.5 Å². The van der Waals surface area contributed by atoms with Gasteiger partial charge >= 0.3 is 6.09 Å². The van der Waals surface area contributed by atoms with E-state index < -0.39 is 0 Å². The first-order valence-corrected chi connectivity index (χ1v) is 8.96. The van der Waals surface area contributed by atoms with Crippen molar-refractivity contribution in [3.05, 3.63) is 27.5 Å². The molecular formula is C16H15BrN2O3S. The average molecular weight is 395 g/mol. The van der Waals surface area contributed by atoms with E-state index in [1.807, 2.05) is 32.0 Å². The summed E-state index contributed by atoms with van der Waals surface area (Å²) in [5.41, 5.74) is 1.49. The average Bonchev–Trinajstić information content (AvgIpc) is 2.95. The molecule has 1 aromatic heterocycles. The van der Waals surface area contributed by atoms with Gasteiger partial charge in [-0.2, -0.15) is 0 Å². The van der Waals surface area contributed by atoms with Crippen molar-refractivity contribution in [1.29, 1.82) is 0 Å². The molecule has 0 aliphatic carbocycles. The SMILES string of the molecule is CC1(C)COC(=O)N1c1nc2c(s1)CCOc1cc(Br)ccc1-2. The number of fused-ring (bicyclic) bond motifs is 3. The highest BCUT2D eigenvalue weighted by Crippen LogP contribution is 2.43. The number of amides is 1. The lowest BCUT2D eigenvalue weighted by Gasteiger charge is -2.24. The third-order valence-corrected chi connectivity index (χ3v) is 5.59. The van der Waals surface area contributed by atoms with Crippen LogP contribution in [0.25, 0.3) is 11.3 Å². The third kappa shape index (κ3) is 2.42. The van der Waals surface area contributed by atoms with Crippen LogP contribution in [0.3, 0.4) is 0 Å². The lowest BCUT2D eigenvalue weighted by atomic mass is 10.1. The third-order valence-electron chi connectivity index (χ3n) is 4.00. The molecule has 5 nitrogen and oxygen atoms in total. The summed E-state index contributed by atoms with van der Waals surface area (Å²) >= 11 is 5.01. The van der Waals surface area contributed by atoms with E-state index in [1.54, 1.807) is 16.2 Å². The van der Waals surface area contributed by atoms with Gasteiger partial charge in [-0.05, 0) is 32.0 Å². The first kappa shape index (κ1) is 15.0. The zero-order valence-corrected chi connectivity index (χ0v) is 15.2. The fraction of sp³-hybridized carbons (Fsp3) is 0.375. The molecule has 120 valence electrons. The van der Waals surface area contributed by atoms with Gasteiger partial charge in [0, 0.05) is 21.3 Å². The standard InChI is InChI=1S/C16H15BrN2O3S/c1-16(2)8-22-15(20)19(16)14-18-13-10-4-3-9(17)7-11(10)21-6-5-12(13)23-14/h3-4,7H,5-6,8H2,1-2H3. The molecule has 3 heterocycles. The van der Waals surface area contributed by atoms with Gasteiger partial charge in [-0.3, -0.25) is 0 Å². The Labute approximate surface area is 146 Å². The van der Waals surface area contributed by atoms with E-state index in [1.165, 1.54) is 0 Å². The van der Waals surface area contributed by atoms with E-state index >= 15 is 0 Å². The molecule has 1 amide bonds. The normalized spacial score (nSPS) is 18.7. The molecule has 2 aliphatic heterocycles. The second-order valence-electron chi connectivity index (χ2n) is 6.21. The maximum absolute atomic E-state index is 12.1. The Morgan fingerprint density at radius 1 is 1.35 bits per heavy atom. The van der Waals surface area contributed by atoms with Crippen molar-refractivity contribution in [3.63, 3.8) is 0 Å². The largest absolute Gasteiger partial charge is 0.492 e. The molecule has 0 atom stereocenters. The van der Waals surface area contributed by atoms with Crippen molar-refractivity contribution in [2.24, 2.45) is 0 Å². The van der Waals surface area contributed by atoms with Crippen molar-refractivity contribution in [3.8, 4) is 17.0 Å². The predicted octanol–water partition coefficient (Wildman–Crippen LogP) is 4.24. The lowest BCUT2D eigenvalue weighted by Crippen LogP contribution is -2.42. The molecule has 4 rings (SSSR count). The minimum atomic E-state index is -0.382. The lowest BCUT2D eigenvalue weighted by molar-refractivity contribution is 0.175. The summed E-state index contributed by atoms with van der Waals surface area (Å²) in [5.74, 6) is 0.818. The molecule has 23 heavy (non-hydrogen) atoms. The van der Waals surface area contributed by atoms with Crippen molar-refractivity contribution in [2.45, 2.75) is 25.8 Å². The minimum absolute atomic E-state index is 0.328. The molecule has 7 heteroatoms.